The van der Waals surface area contributed by atoms with Crippen LogP contribution in [0, 0.1) is 0 Å². The maximum Gasteiger partial charge on any atom is 0.280 e. The van der Waals surface area contributed by atoms with Gasteiger partial charge in [0.1, 0.15) is 0 Å². The number of nitrogens with zero attached hydrogens (tertiary/aromatic N) is 1. The van der Waals surface area contributed by atoms with Gasteiger partial charge >= 0.3 is 0 Å². The number of hydrogen-bond acceptors (Lipinski definition) is 4. The van der Waals surface area contributed by atoms with E-state index in [0.717, 1.165) is 18.2 Å². The highest BCUT2D eigenvalue weighted by Crippen LogP contribution is 2.15. The van der Waals surface area contributed by atoms with E-state index >= 15 is 0 Å². The summed E-state index contributed by atoms with van der Waals surface area (Å²) < 4.78 is 16.0. The van der Waals surface area contributed by atoms with Crippen LogP contribution >= 0.6 is 0 Å². The number of hydrogen-bond donors (Lipinski definition) is 0. The Hall–Kier alpha value is -0.753. The smallest absolute Gasteiger partial charge is 0.280 e. The van der Waals surface area contributed by atoms with Crippen LogP contribution in [0.25, 0.3) is 0 Å². The predicted octanol–water partition coefficient (Wildman–Crippen LogP) is 1.50. The van der Waals surface area contributed by atoms with Crippen LogP contribution < -0.4 is 0 Å². The third-order valence-electron chi connectivity index (χ3n) is 2.35. The molecular formula is C10H17NO3Si-. The van der Waals surface area contributed by atoms with Gasteiger partial charge in [-0.2, -0.15) is 0 Å². The quantitative estimate of drug-likeness (QED) is 0.691. The first-order valence-electron chi connectivity index (χ1n) is 4.81. The molecule has 0 spiro atoms. The Kier molecular flexibility index (Phi) is 4.90. The topological polar surface area (TPSA) is 40.6 Å². The van der Waals surface area contributed by atoms with E-state index in [0.29, 0.717) is 0 Å². The SMILES string of the molecule is CO[Si-](CCc1ccccn1)(OC)OC. The lowest BCUT2D eigenvalue weighted by atomic mass is 10.3. The van der Waals surface area contributed by atoms with Crippen LogP contribution in [0.4, 0.5) is 0 Å². The Balaban J connectivity index is 2.54. The van der Waals surface area contributed by atoms with Gasteiger partial charge in [-0.05, 0) is 39.9 Å². The van der Waals surface area contributed by atoms with E-state index in [9.17, 15) is 0 Å². The first-order valence-corrected chi connectivity index (χ1v) is 6.75. The summed E-state index contributed by atoms with van der Waals surface area (Å²) in [5.74, 6) is 0. The van der Waals surface area contributed by atoms with Gasteiger partial charge in [0.05, 0.1) is 0 Å². The molecule has 0 fully saturated rings. The molecule has 4 nitrogen and oxygen atoms in total. The van der Waals surface area contributed by atoms with Gasteiger partial charge in [0.2, 0.25) is 0 Å². The van der Waals surface area contributed by atoms with Gasteiger partial charge in [0, 0.05) is 11.9 Å². The van der Waals surface area contributed by atoms with Crippen LogP contribution in [0.5, 0.6) is 0 Å². The van der Waals surface area contributed by atoms with Crippen molar-refractivity contribution in [3.8, 4) is 0 Å². The van der Waals surface area contributed by atoms with Crippen molar-refractivity contribution in [2.75, 3.05) is 21.3 Å². The second-order valence-electron chi connectivity index (χ2n) is 3.12. The van der Waals surface area contributed by atoms with Crippen LogP contribution in [0.3, 0.4) is 0 Å². The van der Waals surface area contributed by atoms with Crippen molar-refractivity contribution < 1.29 is 13.3 Å². The summed E-state index contributed by atoms with van der Waals surface area (Å²) in [6, 6.07) is 6.60. The van der Waals surface area contributed by atoms with Gasteiger partial charge in [0.25, 0.3) is 8.80 Å². The lowest BCUT2D eigenvalue weighted by molar-refractivity contribution is 0.123. The molecule has 0 aliphatic heterocycles. The number of pyridine rings is 1. The molecule has 0 saturated heterocycles. The van der Waals surface area contributed by atoms with Crippen LogP contribution in [0.1, 0.15) is 5.69 Å². The van der Waals surface area contributed by atoms with Gasteiger partial charge in [-0.15, -0.1) is 0 Å². The monoisotopic (exact) mass is 227 g/mol. The van der Waals surface area contributed by atoms with Crippen molar-refractivity contribution in [2.45, 2.75) is 12.5 Å². The summed E-state index contributed by atoms with van der Waals surface area (Å²) in [5, 5.41) is 0. The van der Waals surface area contributed by atoms with E-state index in [1.165, 1.54) is 0 Å². The number of aryl methyl sites for hydroxylation is 1. The molecule has 0 aromatic carbocycles. The fourth-order valence-corrected chi connectivity index (χ4v) is 3.06. The summed E-state index contributed by atoms with van der Waals surface area (Å²) in [4.78, 5) is 4.24. The lowest BCUT2D eigenvalue weighted by Gasteiger charge is -2.38. The standard InChI is InChI=1S/C10H17NO3Si/c1-12-15(13-2,14-3)9-7-10-6-4-5-8-11-10/h4-6,8H,7,9H2,1-3H3/q-1. The first-order chi connectivity index (χ1) is 7.26. The molecular weight excluding hydrogens is 210 g/mol. The minimum atomic E-state index is -2.44. The first kappa shape index (κ1) is 12.3. The normalized spacial score (nSPS) is 11.7. The number of aromatic nitrogens is 1. The largest absolute Gasteiger partial charge is 0.527 e. The molecule has 1 aromatic rings. The molecule has 0 saturated carbocycles. The average Bonchev–Trinajstić information content (AvgIpc) is 2.33. The Morgan fingerprint density at radius 3 is 2.27 bits per heavy atom. The van der Waals surface area contributed by atoms with Crippen LogP contribution in [0.15, 0.2) is 24.4 Å². The van der Waals surface area contributed by atoms with E-state index in [1.807, 2.05) is 18.2 Å². The van der Waals surface area contributed by atoms with Crippen molar-refractivity contribution >= 4 is 8.80 Å². The molecule has 0 unspecified atom stereocenters. The third kappa shape index (κ3) is 3.39. The Morgan fingerprint density at radius 2 is 1.80 bits per heavy atom. The molecule has 85 valence electrons. The van der Waals surface area contributed by atoms with Crippen LogP contribution in [-0.2, 0) is 19.7 Å². The van der Waals surface area contributed by atoms with Gasteiger partial charge in [0.15, 0.2) is 0 Å². The third-order valence-corrected chi connectivity index (χ3v) is 5.07. The molecule has 15 heavy (non-hydrogen) atoms. The Morgan fingerprint density at radius 1 is 1.13 bits per heavy atom. The second kappa shape index (κ2) is 5.97. The van der Waals surface area contributed by atoms with Crippen LogP contribution in [-0.4, -0.2) is 35.1 Å². The molecule has 0 N–H and O–H groups in total. The zero-order valence-electron chi connectivity index (χ0n) is 9.40. The molecule has 0 amide bonds. The minimum absolute atomic E-state index is 0.744. The zero-order chi connectivity index (χ0) is 11.1. The highest BCUT2D eigenvalue weighted by Gasteiger charge is 2.21. The van der Waals surface area contributed by atoms with E-state index in [1.54, 1.807) is 27.5 Å². The van der Waals surface area contributed by atoms with Gasteiger partial charge in [-0.3, -0.25) is 4.98 Å². The maximum atomic E-state index is 5.32. The molecule has 1 heterocycles. The molecule has 0 atom stereocenters. The lowest BCUT2D eigenvalue weighted by Crippen LogP contribution is -2.43. The molecule has 0 radical (unpaired) electrons. The Labute approximate surface area is 91.6 Å². The van der Waals surface area contributed by atoms with Crippen molar-refractivity contribution in [1.29, 1.82) is 0 Å². The molecule has 0 aliphatic rings. The summed E-state index contributed by atoms with van der Waals surface area (Å²) >= 11 is 0. The van der Waals surface area contributed by atoms with E-state index in [4.69, 9.17) is 13.3 Å². The molecule has 1 aromatic heterocycles. The Bertz CT molecular complexity index is 269. The maximum absolute atomic E-state index is 5.32. The van der Waals surface area contributed by atoms with Crippen molar-refractivity contribution in [3.63, 3.8) is 0 Å². The van der Waals surface area contributed by atoms with Crippen molar-refractivity contribution in [3.05, 3.63) is 30.1 Å². The average molecular weight is 227 g/mol. The van der Waals surface area contributed by atoms with Crippen LogP contribution in [0.2, 0.25) is 6.04 Å². The summed E-state index contributed by atoms with van der Waals surface area (Å²) in [7, 11) is 2.43. The van der Waals surface area contributed by atoms with Crippen molar-refractivity contribution in [2.24, 2.45) is 0 Å². The van der Waals surface area contributed by atoms with Gasteiger partial charge in [-0.1, -0.05) is 12.1 Å². The highest BCUT2D eigenvalue weighted by atomic mass is 28.4. The molecule has 0 aliphatic carbocycles. The van der Waals surface area contributed by atoms with Crippen molar-refractivity contribution in [1.82, 2.24) is 4.98 Å². The summed E-state index contributed by atoms with van der Waals surface area (Å²) in [6.07, 6.45) is 2.59. The van der Waals surface area contributed by atoms with E-state index in [-0.39, 0.29) is 0 Å². The highest BCUT2D eigenvalue weighted by molar-refractivity contribution is 6.60. The molecule has 0 bridgehead atoms. The second-order valence-corrected chi connectivity index (χ2v) is 6.21. The van der Waals surface area contributed by atoms with E-state index in [2.05, 4.69) is 4.98 Å². The summed E-state index contributed by atoms with van der Waals surface area (Å²) in [6.45, 7) is 0. The molecule has 5 heteroatoms. The number of rotatable bonds is 6. The van der Waals surface area contributed by atoms with Gasteiger partial charge in [-0.25, -0.2) is 0 Å². The predicted molar refractivity (Wildman–Crippen MR) is 59.5 cm³/mol. The summed E-state index contributed by atoms with van der Waals surface area (Å²) in [5.41, 5.74) is 1.03. The minimum Gasteiger partial charge on any atom is -0.527 e. The fraction of sp³-hybridized carbons (Fsp3) is 0.500. The zero-order valence-corrected chi connectivity index (χ0v) is 10.4. The van der Waals surface area contributed by atoms with E-state index < -0.39 is 8.80 Å². The van der Waals surface area contributed by atoms with Gasteiger partial charge < -0.3 is 13.3 Å². The fourth-order valence-electron chi connectivity index (χ4n) is 1.38. The molecule has 1 rings (SSSR count).